The maximum atomic E-state index is 12.9. The first-order valence-electron chi connectivity index (χ1n) is 19.0. The molecule has 4 aliphatic carbocycles. The number of Topliss-reactive ketones (excluding diaryl/α,β-unsaturated/α-hetero) is 1. The number of aryl methyl sites for hydroxylation is 2. The van der Waals surface area contributed by atoms with E-state index in [-0.39, 0.29) is 5.91 Å². The Morgan fingerprint density at radius 1 is 0.900 bits per heavy atom. The van der Waals surface area contributed by atoms with Gasteiger partial charge in [-0.2, -0.15) is 0 Å². The maximum absolute atomic E-state index is 12.9. The van der Waals surface area contributed by atoms with E-state index >= 15 is 0 Å². The van der Waals surface area contributed by atoms with Gasteiger partial charge in [0.1, 0.15) is 11.6 Å². The van der Waals surface area contributed by atoms with Crippen LogP contribution < -0.4 is 10.2 Å². The van der Waals surface area contributed by atoms with Crippen LogP contribution in [0, 0.1) is 29.6 Å². The van der Waals surface area contributed by atoms with E-state index in [1.54, 1.807) is 6.20 Å². The number of hydrogen-bond donors (Lipinski definition) is 1. The molecule has 7 nitrogen and oxygen atoms in total. The molecule has 1 amide bonds. The monoisotopic (exact) mass is 693 g/mol. The highest BCUT2D eigenvalue weighted by atomic mass is 35.5. The van der Waals surface area contributed by atoms with Gasteiger partial charge < -0.3 is 10.2 Å². The Labute approximate surface area is 302 Å². The van der Waals surface area contributed by atoms with E-state index in [1.807, 2.05) is 24.3 Å². The second kappa shape index (κ2) is 16.2. The fourth-order valence-corrected chi connectivity index (χ4v) is 9.78. The first-order valence-corrected chi connectivity index (χ1v) is 19.4. The van der Waals surface area contributed by atoms with Crippen molar-refractivity contribution in [3.05, 3.63) is 95.1 Å². The lowest BCUT2D eigenvalue weighted by Crippen LogP contribution is -2.46. The molecular formula is C42H52ClN5O2. The summed E-state index contributed by atoms with van der Waals surface area (Å²) in [6.07, 6.45) is 16.0. The Kier molecular flexibility index (Phi) is 11.3. The lowest BCUT2D eigenvalue weighted by Gasteiger charge is -2.54. The van der Waals surface area contributed by atoms with Gasteiger partial charge in [0.2, 0.25) is 5.91 Å². The molecule has 4 saturated carbocycles. The van der Waals surface area contributed by atoms with Gasteiger partial charge in [0, 0.05) is 63.0 Å². The minimum atomic E-state index is -0.228. The zero-order valence-corrected chi connectivity index (χ0v) is 30.1. The number of nitrogens with zero attached hydrogens (tertiary/aromatic N) is 4. The van der Waals surface area contributed by atoms with Crippen molar-refractivity contribution >= 4 is 34.7 Å². The number of aromatic nitrogens is 2. The molecule has 4 bridgehead atoms. The van der Waals surface area contributed by atoms with Crippen LogP contribution in [-0.2, 0) is 28.9 Å². The molecule has 3 aromatic rings. The summed E-state index contributed by atoms with van der Waals surface area (Å²) in [4.78, 5) is 38.9. The number of rotatable bonds is 15. The van der Waals surface area contributed by atoms with E-state index in [9.17, 15) is 9.59 Å². The summed E-state index contributed by atoms with van der Waals surface area (Å²) in [5.41, 5.74) is 5.09. The zero-order chi connectivity index (χ0) is 34.5. The second-order valence-electron chi connectivity index (χ2n) is 15.4. The number of anilines is 2. The summed E-state index contributed by atoms with van der Waals surface area (Å²) >= 11 is 6.49. The number of carbonyl (C=O) groups excluding carboxylic acids is 2. The largest absolute Gasteiger partial charge is 0.369 e. The van der Waals surface area contributed by atoms with Crippen molar-refractivity contribution in [1.29, 1.82) is 0 Å². The molecule has 5 aliphatic rings. The van der Waals surface area contributed by atoms with Crippen LogP contribution in [0.4, 0.5) is 11.4 Å². The third-order valence-electron chi connectivity index (χ3n) is 12.0. The average molecular weight is 694 g/mol. The quantitative estimate of drug-likeness (QED) is 0.129. The van der Waals surface area contributed by atoms with Crippen LogP contribution in [0.5, 0.6) is 0 Å². The highest BCUT2D eigenvalue weighted by Gasteiger charge is 2.48. The summed E-state index contributed by atoms with van der Waals surface area (Å²) in [5.74, 6) is 5.48. The molecule has 0 unspecified atom stereocenters. The lowest BCUT2D eigenvalue weighted by atomic mass is 9.51. The number of carbonyl (C=O) groups is 2. The number of hydrogen-bond acceptors (Lipinski definition) is 6. The summed E-state index contributed by atoms with van der Waals surface area (Å²) < 4.78 is 0. The molecule has 5 fully saturated rings. The van der Waals surface area contributed by atoms with Gasteiger partial charge in [-0.1, -0.05) is 42.4 Å². The number of ketones is 1. The van der Waals surface area contributed by atoms with Gasteiger partial charge in [-0.3, -0.25) is 14.5 Å². The average Bonchev–Trinajstić information content (AvgIpc) is 3.12. The molecule has 2 aromatic carbocycles. The minimum Gasteiger partial charge on any atom is -0.369 e. The topological polar surface area (TPSA) is 78.4 Å². The number of amides is 1. The molecule has 1 aromatic heterocycles. The molecule has 0 atom stereocenters. The number of halogens is 1. The molecule has 2 heterocycles. The van der Waals surface area contributed by atoms with Gasteiger partial charge in [-0.05, 0) is 135 Å². The Morgan fingerprint density at radius 2 is 1.64 bits per heavy atom. The first kappa shape index (κ1) is 34.9. The number of benzene rings is 2. The molecule has 1 aliphatic heterocycles. The standard InChI is InChI=1S/C42H52ClN5O2/c1-2-42(50)45-35-7-5-6-29(25-35)11-14-40-39(43)28-44-41(46-40)26-30-9-12-36(13-10-30)48-18-16-47(17-19-48)15-4-3-8-37(49)27-38-33-21-31-20-32(23-33)24-34(38)22-31/h2,5-7,9-10,12-13,25,28,31-34,38H,1,3-4,8,11,14-24,26-27H2,(H,45,50). The Balaban J connectivity index is 0.815. The SMILES string of the molecule is C=CC(=O)Nc1cccc(CCc2nc(Cc3ccc(N4CCN(CCCCC(=O)CC5C6CC7CC(C6)CC5C7)CC4)cc3)ncc2Cl)c1. The molecule has 8 heteroatoms. The van der Waals surface area contributed by atoms with E-state index < -0.39 is 0 Å². The van der Waals surface area contributed by atoms with Gasteiger partial charge >= 0.3 is 0 Å². The molecule has 50 heavy (non-hydrogen) atoms. The molecule has 8 rings (SSSR count). The van der Waals surface area contributed by atoms with Crippen LogP contribution in [0.1, 0.15) is 80.4 Å². The number of piperazine rings is 1. The van der Waals surface area contributed by atoms with Crippen molar-refractivity contribution in [3.63, 3.8) is 0 Å². The van der Waals surface area contributed by atoms with Crippen LogP contribution in [0.15, 0.2) is 67.4 Å². The smallest absolute Gasteiger partial charge is 0.247 e. The van der Waals surface area contributed by atoms with Gasteiger partial charge in [0.15, 0.2) is 0 Å². The van der Waals surface area contributed by atoms with Gasteiger partial charge in [-0.15, -0.1) is 0 Å². The number of unbranched alkanes of at least 4 members (excludes halogenated alkanes) is 1. The van der Waals surface area contributed by atoms with Crippen molar-refractivity contribution in [2.45, 2.75) is 77.0 Å². The third-order valence-corrected chi connectivity index (χ3v) is 12.3. The summed E-state index contributed by atoms with van der Waals surface area (Å²) in [5, 5.41) is 3.38. The molecule has 0 radical (unpaired) electrons. The fourth-order valence-electron chi connectivity index (χ4n) is 9.60. The van der Waals surface area contributed by atoms with Crippen molar-refractivity contribution in [1.82, 2.24) is 14.9 Å². The van der Waals surface area contributed by atoms with Crippen molar-refractivity contribution in [3.8, 4) is 0 Å². The summed E-state index contributed by atoms with van der Waals surface area (Å²) in [7, 11) is 0. The van der Waals surface area contributed by atoms with Crippen molar-refractivity contribution in [2.24, 2.45) is 29.6 Å². The molecule has 1 saturated heterocycles. The maximum Gasteiger partial charge on any atom is 0.247 e. The van der Waals surface area contributed by atoms with E-state index in [0.717, 1.165) is 111 Å². The minimum absolute atomic E-state index is 0.228. The summed E-state index contributed by atoms with van der Waals surface area (Å²) in [6.45, 7) is 8.80. The summed E-state index contributed by atoms with van der Waals surface area (Å²) in [6, 6.07) is 16.6. The van der Waals surface area contributed by atoms with E-state index in [0.29, 0.717) is 29.6 Å². The van der Waals surface area contributed by atoms with Crippen LogP contribution in [0.25, 0.3) is 0 Å². The van der Waals surface area contributed by atoms with Crippen LogP contribution in [-0.4, -0.2) is 59.3 Å². The second-order valence-corrected chi connectivity index (χ2v) is 15.8. The van der Waals surface area contributed by atoms with Crippen LogP contribution in [0.3, 0.4) is 0 Å². The zero-order valence-electron chi connectivity index (χ0n) is 29.4. The molecular weight excluding hydrogens is 642 g/mol. The van der Waals surface area contributed by atoms with Crippen molar-refractivity contribution < 1.29 is 9.59 Å². The van der Waals surface area contributed by atoms with Gasteiger partial charge in [0.25, 0.3) is 0 Å². The lowest BCUT2D eigenvalue weighted by molar-refractivity contribution is -0.124. The van der Waals surface area contributed by atoms with E-state index in [2.05, 4.69) is 50.9 Å². The van der Waals surface area contributed by atoms with E-state index in [4.69, 9.17) is 16.6 Å². The molecule has 1 N–H and O–H groups in total. The predicted octanol–water partition coefficient (Wildman–Crippen LogP) is 7.95. The van der Waals surface area contributed by atoms with E-state index in [1.165, 1.54) is 49.4 Å². The Morgan fingerprint density at radius 3 is 2.36 bits per heavy atom. The van der Waals surface area contributed by atoms with Gasteiger partial charge in [0.05, 0.1) is 10.7 Å². The van der Waals surface area contributed by atoms with Crippen molar-refractivity contribution in [2.75, 3.05) is 42.9 Å². The fraction of sp³-hybridized carbons (Fsp3) is 0.524. The van der Waals surface area contributed by atoms with Gasteiger partial charge in [-0.25, -0.2) is 9.97 Å². The first-order chi connectivity index (χ1) is 24.4. The Bertz CT molecular complexity index is 1620. The van der Waals surface area contributed by atoms with Crippen LogP contribution in [0.2, 0.25) is 5.02 Å². The predicted molar refractivity (Wildman–Crippen MR) is 202 cm³/mol. The molecule has 0 spiro atoms. The normalized spacial score (nSPS) is 24.3. The molecule has 264 valence electrons. The third kappa shape index (κ3) is 8.84. The highest BCUT2D eigenvalue weighted by molar-refractivity contribution is 6.31. The Hall–Kier alpha value is -3.55. The van der Waals surface area contributed by atoms with Crippen LogP contribution >= 0.6 is 11.6 Å². The highest BCUT2D eigenvalue weighted by Crippen LogP contribution is 2.57. The number of nitrogens with one attached hydrogen (secondary N) is 1.